The Hall–Kier alpha value is -3.35. The smallest absolute Gasteiger partial charge is 0.303 e. The van der Waals surface area contributed by atoms with E-state index in [2.05, 4.69) is 10.6 Å². The Kier molecular flexibility index (Phi) is 6.84. The monoisotopic (exact) mass is 396 g/mol. The number of amides is 2. The van der Waals surface area contributed by atoms with Gasteiger partial charge in [-0.2, -0.15) is 0 Å². The van der Waals surface area contributed by atoms with Gasteiger partial charge in [-0.05, 0) is 55.2 Å². The second-order valence-corrected chi connectivity index (χ2v) is 7.00. The SMILES string of the molecule is O=C(O)CCCOc1ccc(NC(=O)CCC2Cc3ccccc3NC2=O)cc1. The standard InChI is InChI=1S/C22H24N2O5/c25-20(12-7-16-14-15-4-1-2-5-19(15)24-22(16)28)23-17-8-10-18(11-9-17)29-13-3-6-21(26)27/h1-2,4-5,8-11,16H,3,6-7,12-14H2,(H,23,25)(H,24,28)(H,26,27). The number of hydrogen-bond acceptors (Lipinski definition) is 4. The highest BCUT2D eigenvalue weighted by Gasteiger charge is 2.26. The van der Waals surface area contributed by atoms with Crippen LogP contribution in [0.4, 0.5) is 11.4 Å². The van der Waals surface area contributed by atoms with E-state index in [1.54, 1.807) is 24.3 Å². The van der Waals surface area contributed by atoms with Gasteiger partial charge in [0.25, 0.3) is 0 Å². The number of ether oxygens (including phenoxy) is 1. The lowest BCUT2D eigenvalue weighted by atomic mass is 9.89. The van der Waals surface area contributed by atoms with Crippen LogP contribution in [0.25, 0.3) is 0 Å². The highest BCUT2D eigenvalue weighted by atomic mass is 16.5. The van der Waals surface area contributed by atoms with Gasteiger partial charge in [0.1, 0.15) is 5.75 Å². The molecule has 3 N–H and O–H groups in total. The molecule has 2 aromatic carbocycles. The number of carboxylic acids is 1. The van der Waals surface area contributed by atoms with Crippen LogP contribution in [0.1, 0.15) is 31.2 Å². The van der Waals surface area contributed by atoms with Crippen molar-refractivity contribution in [2.24, 2.45) is 5.92 Å². The molecule has 1 atom stereocenters. The minimum atomic E-state index is -0.846. The summed E-state index contributed by atoms with van der Waals surface area (Å²) in [6, 6.07) is 14.6. The summed E-state index contributed by atoms with van der Waals surface area (Å²) >= 11 is 0. The van der Waals surface area contributed by atoms with Crippen LogP contribution in [0.5, 0.6) is 5.75 Å². The van der Waals surface area contributed by atoms with E-state index in [0.717, 1.165) is 11.3 Å². The third kappa shape index (κ3) is 6.07. The number of carbonyl (C=O) groups is 3. The topological polar surface area (TPSA) is 105 Å². The highest BCUT2D eigenvalue weighted by molar-refractivity contribution is 5.96. The van der Waals surface area contributed by atoms with Crippen molar-refractivity contribution >= 4 is 29.2 Å². The summed E-state index contributed by atoms with van der Waals surface area (Å²) < 4.78 is 5.46. The van der Waals surface area contributed by atoms with Crippen LogP contribution in [0.15, 0.2) is 48.5 Å². The van der Waals surface area contributed by atoms with Crippen LogP contribution in [-0.2, 0) is 20.8 Å². The summed E-state index contributed by atoms with van der Waals surface area (Å²) in [5.74, 6) is -0.627. The summed E-state index contributed by atoms with van der Waals surface area (Å²) in [5, 5.41) is 14.3. The van der Waals surface area contributed by atoms with Gasteiger partial charge in [0.05, 0.1) is 6.61 Å². The second kappa shape index (κ2) is 9.73. The molecule has 0 saturated carbocycles. The van der Waals surface area contributed by atoms with Crippen LogP contribution in [0, 0.1) is 5.92 Å². The largest absolute Gasteiger partial charge is 0.494 e. The van der Waals surface area contributed by atoms with Crippen molar-refractivity contribution in [3.05, 3.63) is 54.1 Å². The number of aliphatic carboxylic acids is 1. The molecule has 0 bridgehead atoms. The van der Waals surface area contributed by atoms with Crippen LogP contribution in [0.3, 0.4) is 0 Å². The summed E-state index contributed by atoms with van der Waals surface area (Å²) in [6.07, 6.45) is 1.89. The van der Waals surface area contributed by atoms with Gasteiger partial charge in [-0.25, -0.2) is 0 Å². The maximum Gasteiger partial charge on any atom is 0.303 e. The quantitative estimate of drug-likeness (QED) is 0.563. The highest BCUT2D eigenvalue weighted by Crippen LogP contribution is 2.27. The molecular formula is C22H24N2O5. The molecule has 0 aliphatic carbocycles. The van der Waals surface area contributed by atoms with E-state index in [-0.39, 0.29) is 30.6 Å². The molecule has 7 heteroatoms. The van der Waals surface area contributed by atoms with E-state index in [1.807, 2.05) is 24.3 Å². The molecule has 29 heavy (non-hydrogen) atoms. The number of benzene rings is 2. The Morgan fingerprint density at radius 1 is 1.10 bits per heavy atom. The minimum absolute atomic E-state index is 0.0408. The van der Waals surface area contributed by atoms with Crippen molar-refractivity contribution in [2.75, 3.05) is 17.2 Å². The average Bonchev–Trinajstić information content (AvgIpc) is 2.70. The fourth-order valence-corrected chi connectivity index (χ4v) is 3.22. The molecule has 0 aromatic heterocycles. The van der Waals surface area contributed by atoms with Crippen LogP contribution in [-0.4, -0.2) is 29.5 Å². The van der Waals surface area contributed by atoms with Crippen molar-refractivity contribution in [1.82, 2.24) is 0 Å². The molecule has 2 amide bonds. The van der Waals surface area contributed by atoms with Crippen molar-refractivity contribution < 1.29 is 24.2 Å². The Balaban J connectivity index is 1.42. The summed E-state index contributed by atoms with van der Waals surface area (Å²) in [5.41, 5.74) is 2.59. The molecule has 7 nitrogen and oxygen atoms in total. The molecule has 1 aliphatic rings. The molecule has 1 unspecified atom stereocenters. The lowest BCUT2D eigenvalue weighted by molar-refractivity contribution is -0.137. The van der Waals surface area contributed by atoms with Gasteiger partial charge in [-0.15, -0.1) is 0 Å². The fraction of sp³-hybridized carbons (Fsp3) is 0.318. The first-order valence-electron chi connectivity index (χ1n) is 9.64. The van der Waals surface area contributed by atoms with E-state index >= 15 is 0 Å². The summed E-state index contributed by atoms with van der Waals surface area (Å²) in [6.45, 7) is 0.324. The van der Waals surface area contributed by atoms with Gasteiger partial charge in [0, 0.05) is 30.1 Å². The molecule has 1 aliphatic heterocycles. The molecule has 0 saturated heterocycles. The zero-order valence-corrected chi connectivity index (χ0v) is 16.0. The second-order valence-electron chi connectivity index (χ2n) is 7.00. The number of fused-ring (bicyclic) bond motifs is 1. The van der Waals surface area contributed by atoms with Gasteiger partial charge < -0.3 is 20.5 Å². The number of nitrogens with one attached hydrogen (secondary N) is 2. The number of carbonyl (C=O) groups excluding carboxylic acids is 2. The minimum Gasteiger partial charge on any atom is -0.494 e. The van der Waals surface area contributed by atoms with Gasteiger partial charge in [0.15, 0.2) is 0 Å². The molecule has 0 spiro atoms. The van der Waals surface area contributed by atoms with Crippen molar-refractivity contribution in [3.8, 4) is 5.75 Å². The Bertz CT molecular complexity index is 879. The first-order valence-corrected chi connectivity index (χ1v) is 9.64. The molecule has 3 rings (SSSR count). The molecule has 152 valence electrons. The van der Waals surface area contributed by atoms with E-state index in [0.29, 0.717) is 37.3 Å². The third-order valence-corrected chi connectivity index (χ3v) is 4.77. The summed E-state index contributed by atoms with van der Waals surface area (Å²) in [4.78, 5) is 34.9. The fourth-order valence-electron chi connectivity index (χ4n) is 3.22. The maximum absolute atomic E-state index is 12.2. The number of anilines is 2. The Morgan fingerprint density at radius 2 is 1.86 bits per heavy atom. The van der Waals surface area contributed by atoms with Crippen LogP contribution in [0.2, 0.25) is 0 Å². The normalized spacial score (nSPS) is 15.2. The summed E-state index contributed by atoms with van der Waals surface area (Å²) in [7, 11) is 0. The number of rotatable bonds is 9. The van der Waals surface area contributed by atoms with Crippen LogP contribution < -0.4 is 15.4 Å². The zero-order chi connectivity index (χ0) is 20.6. The van der Waals surface area contributed by atoms with E-state index in [1.165, 1.54) is 0 Å². The zero-order valence-electron chi connectivity index (χ0n) is 16.0. The number of carboxylic acid groups (broad SMARTS) is 1. The van der Waals surface area contributed by atoms with Gasteiger partial charge in [-0.3, -0.25) is 14.4 Å². The first-order chi connectivity index (χ1) is 14.0. The van der Waals surface area contributed by atoms with Crippen molar-refractivity contribution in [2.45, 2.75) is 32.1 Å². The lowest BCUT2D eigenvalue weighted by Crippen LogP contribution is -2.30. The van der Waals surface area contributed by atoms with Crippen molar-refractivity contribution in [3.63, 3.8) is 0 Å². The average molecular weight is 396 g/mol. The number of hydrogen-bond donors (Lipinski definition) is 3. The maximum atomic E-state index is 12.2. The molecular weight excluding hydrogens is 372 g/mol. The van der Waals surface area contributed by atoms with Crippen molar-refractivity contribution in [1.29, 1.82) is 0 Å². The van der Waals surface area contributed by atoms with Gasteiger partial charge in [0.2, 0.25) is 11.8 Å². The Morgan fingerprint density at radius 3 is 2.62 bits per heavy atom. The van der Waals surface area contributed by atoms with E-state index in [4.69, 9.17) is 9.84 Å². The third-order valence-electron chi connectivity index (χ3n) is 4.77. The lowest BCUT2D eigenvalue weighted by Gasteiger charge is -2.24. The predicted molar refractivity (Wildman–Crippen MR) is 109 cm³/mol. The molecule has 0 fully saturated rings. The molecule has 2 aromatic rings. The molecule has 0 radical (unpaired) electrons. The predicted octanol–water partition coefficient (Wildman–Crippen LogP) is 3.46. The Labute approximate surface area is 169 Å². The van der Waals surface area contributed by atoms with Gasteiger partial charge in [-0.1, -0.05) is 18.2 Å². The van der Waals surface area contributed by atoms with E-state index in [9.17, 15) is 14.4 Å². The molecule has 1 heterocycles. The van der Waals surface area contributed by atoms with Crippen LogP contribution >= 0.6 is 0 Å². The van der Waals surface area contributed by atoms with E-state index < -0.39 is 5.97 Å². The van der Waals surface area contributed by atoms with Gasteiger partial charge >= 0.3 is 5.97 Å². The number of para-hydroxylation sites is 1. The first kappa shape index (κ1) is 20.4.